The summed E-state index contributed by atoms with van der Waals surface area (Å²) < 4.78 is 39.0. The summed E-state index contributed by atoms with van der Waals surface area (Å²) in [5.41, 5.74) is -1.50. The van der Waals surface area contributed by atoms with Crippen molar-refractivity contribution in [3.63, 3.8) is 0 Å². The largest absolute Gasteiger partial charge is 0.440 e. The highest BCUT2D eigenvalue weighted by atomic mass is 32.2. The molecule has 2 aromatic heterocycles. The Morgan fingerprint density at radius 3 is 2.39 bits per heavy atom. The number of piperidine rings is 1. The molecule has 0 unspecified atom stereocenters. The number of carbonyl (C=O) groups is 1. The van der Waals surface area contributed by atoms with E-state index >= 15 is 0 Å². The lowest BCUT2D eigenvalue weighted by atomic mass is 9.79. The lowest BCUT2D eigenvalue weighted by molar-refractivity contribution is -0.118. The van der Waals surface area contributed by atoms with Gasteiger partial charge < -0.3 is 14.3 Å². The average Bonchev–Trinajstić information content (AvgIpc) is 3.23. The fourth-order valence-electron chi connectivity index (χ4n) is 4.30. The summed E-state index contributed by atoms with van der Waals surface area (Å²) in [5.74, 6) is 0.376. The van der Waals surface area contributed by atoms with Gasteiger partial charge in [-0.1, -0.05) is 11.7 Å². The zero-order valence-electron chi connectivity index (χ0n) is 16.4. The van der Waals surface area contributed by atoms with Gasteiger partial charge in [0.05, 0.1) is 6.20 Å². The van der Waals surface area contributed by atoms with E-state index < -0.39 is 21.1 Å². The van der Waals surface area contributed by atoms with Crippen LogP contribution in [-0.2, 0) is 14.8 Å². The molecule has 1 amide bonds. The standard InChI is InChI=1S/C19H25N3O5S/c1-6-16(23)21-13-11-18(2,3)22(19(4,5)12-13)28(24,25)17-8-7-14(26-17)15-9-10-20-27-15/h6-10,13H,1,11-12H2,2-5H3,(H,21,23). The summed E-state index contributed by atoms with van der Waals surface area (Å²) in [7, 11) is -3.93. The van der Waals surface area contributed by atoms with Crippen molar-refractivity contribution >= 4 is 15.9 Å². The number of rotatable bonds is 5. The van der Waals surface area contributed by atoms with Crippen LogP contribution >= 0.6 is 0 Å². The molecule has 28 heavy (non-hydrogen) atoms. The molecule has 0 radical (unpaired) electrons. The summed E-state index contributed by atoms with van der Waals surface area (Å²) in [6.07, 6.45) is 3.60. The predicted molar refractivity (Wildman–Crippen MR) is 103 cm³/mol. The van der Waals surface area contributed by atoms with Gasteiger partial charge in [-0.3, -0.25) is 4.79 Å². The number of nitrogens with zero attached hydrogens (tertiary/aromatic N) is 2. The monoisotopic (exact) mass is 407 g/mol. The Hall–Kier alpha value is -2.39. The van der Waals surface area contributed by atoms with Crippen molar-refractivity contribution in [2.75, 3.05) is 0 Å². The van der Waals surface area contributed by atoms with Crippen molar-refractivity contribution in [3.05, 3.63) is 37.1 Å². The number of furan rings is 1. The second-order valence-corrected chi connectivity index (χ2v) is 9.93. The topological polar surface area (TPSA) is 106 Å². The molecule has 3 heterocycles. The molecule has 8 nitrogen and oxygen atoms in total. The molecule has 0 atom stereocenters. The van der Waals surface area contributed by atoms with Crippen LogP contribution in [0.1, 0.15) is 40.5 Å². The molecule has 1 aliphatic heterocycles. The third-order valence-corrected chi connectivity index (χ3v) is 7.08. The van der Waals surface area contributed by atoms with E-state index in [1.165, 1.54) is 22.6 Å². The van der Waals surface area contributed by atoms with Crippen molar-refractivity contribution in [3.8, 4) is 11.5 Å². The Bertz CT molecular complexity index is 955. The molecular weight excluding hydrogens is 382 g/mol. The number of sulfonamides is 1. The van der Waals surface area contributed by atoms with Gasteiger partial charge in [0.15, 0.2) is 5.76 Å². The van der Waals surface area contributed by atoms with Gasteiger partial charge in [0.25, 0.3) is 10.0 Å². The molecule has 0 bridgehead atoms. The van der Waals surface area contributed by atoms with Crippen LogP contribution < -0.4 is 5.32 Å². The molecular formula is C19H25N3O5S. The molecule has 9 heteroatoms. The fraction of sp³-hybridized carbons (Fsp3) is 0.474. The Morgan fingerprint density at radius 1 is 1.21 bits per heavy atom. The first-order valence-electron chi connectivity index (χ1n) is 8.97. The van der Waals surface area contributed by atoms with Gasteiger partial charge in [-0.15, -0.1) is 0 Å². The summed E-state index contributed by atoms with van der Waals surface area (Å²) >= 11 is 0. The molecule has 0 aliphatic carbocycles. The predicted octanol–water partition coefficient (Wildman–Crippen LogP) is 2.95. The lowest BCUT2D eigenvalue weighted by Gasteiger charge is -2.53. The first-order valence-corrected chi connectivity index (χ1v) is 10.4. The van der Waals surface area contributed by atoms with Crippen molar-refractivity contribution in [2.45, 2.75) is 62.7 Å². The molecule has 2 aromatic rings. The summed E-state index contributed by atoms with van der Waals surface area (Å²) in [4.78, 5) is 11.7. The van der Waals surface area contributed by atoms with Crippen molar-refractivity contribution in [1.29, 1.82) is 0 Å². The van der Waals surface area contributed by atoms with Gasteiger partial charge in [-0.25, -0.2) is 8.42 Å². The number of nitrogens with one attached hydrogen (secondary N) is 1. The number of hydrogen-bond donors (Lipinski definition) is 1. The van der Waals surface area contributed by atoms with Crippen LogP contribution in [0.25, 0.3) is 11.5 Å². The van der Waals surface area contributed by atoms with E-state index in [1.54, 1.807) is 12.1 Å². The highest BCUT2D eigenvalue weighted by Crippen LogP contribution is 2.43. The summed E-state index contributed by atoms with van der Waals surface area (Å²) in [6, 6.07) is 4.40. The van der Waals surface area contributed by atoms with Gasteiger partial charge in [0.1, 0.15) is 0 Å². The quantitative estimate of drug-likeness (QED) is 0.764. The maximum absolute atomic E-state index is 13.5. The SMILES string of the molecule is C=CC(=O)NC1CC(C)(C)N(S(=O)(=O)c2ccc(-c3ccno3)o2)C(C)(C)C1. The number of carbonyl (C=O) groups excluding carboxylic acids is 1. The zero-order valence-corrected chi connectivity index (χ0v) is 17.2. The number of amides is 1. The summed E-state index contributed by atoms with van der Waals surface area (Å²) in [5, 5.41) is 6.34. The second-order valence-electron chi connectivity index (χ2n) is 8.21. The third-order valence-electron chi connectivity index (χ3n) is 4.88. The van der Waals surface area contributed by atoms with Gasteiger partial charge >= 0.3 is 0 Å². The molecule has 1 N–H and O–H groups in total. The Labute approximate surface area is 164 Å². The molecule has 3 rings (SSSR count). The van der Waals surface area contributed by atoms with Gasteiger partial charge in [-0.2, -0.15) is 4.31 Å². The van der Waals surface area contributed by atoms with Crippen LogP contribution in [0.4, 0.5) is 0 Å². The van der Waals surface area contributed by atoms with Gasteiger partial charge in [-0.05, 0) is 58.7 Å². The molecule has 1 aliphatic rings. The van der Waals surface area contributed by atoms with E-state index in [2.05, 4.69) is 17.1 Å². The van der Waals surface area contributed by atoms with Gasteiger partial charge in [0.2, 0.25) is 16.8 Å². The average molecular weight is 407 g/mol. The van der Waals surface area contributed by atoms with Crippen LogP contribution in [0.15, 0.2) is 51.1 Å². The zero-order chi connectivity index (χ0) is 20.7. The van der Waals surface area contributed by atoms with E-state index in [4.69, 9.17) is 8.94 Å². The Morgan fingerprint density at radius 2 is 1.86 bits per heavy atom. The highest BCUT2D eigenvalue weighted by molar-refractivity contribution is 7.89. The fourth-order valence-corrected chi connectivity index (χ4v) is 6.37. The Kier molecular flexibility index (Phi) is 5.01. The van der Waals surface area contributed by atoms with Crippen LogP contribution in [0.5, 0.6) is 0 Å². The van der Waals surface area contributed by atoms with E-state index in [0.717, 1.165) is 0 Å². The first kappa shape index (κ1) is 20.3. The Balaban J connectivity index is 1.94. The minimum absolute atomic E-state index is 0.159. The minimum atomic E-state index is -3.93. The lowest BCUT2D eigenvalue weighted by Crippen LogP contribution is -2.65. The van der Waals surface area contributed by atoms with E-state index in [-0.39, 0.29) is 17.0 Å². The normalized spacial score (nSPS) is 20.0. The van der Waals surface area contributed by atoms with Crippen LogP contribution in [0.2, 0.25) is 0 Å². The van der Waals surface area contributed by atoms with Crippen LogP contribution in [0, 0.1) is 0 Å². The van der Waals surface area contributed by atoms with Crippen molar-refractivity contribution in [2.24, 2.45) is 0 Å². The maximum Gasteiger partial charge on any atom is 0.277 e. The minimum Gasteiger partial charge on any atom is -0.440 e. The van der Waals surface area contributed by atoms with Crippen LogP contribution in [-0.4, -0.2) is 40.9 Å². The summed E-state index contributed by atoms with van der Waals surface area (Å²) in [6.45, 7) is 10.9. The first-order chi connectivity index (χ1) is 13.0. The third kappa shape index (κ3) is 3.64. The molecule has 0 saturated carbocycles. The molecule has 1 saturated heterocycles. The molecule has 0 spiro atoms. The maximum atomic E-state index is 13.5. The molecule has 152 valence electrons. The molecule has 1 fully saturated rings. The van der Waals surface area contributed by atoms with E-state index in [1.807, 2.05) is 27.7 Å². The second kappa shape index (κ2) is 6.89. The van der Waals surface area contributed by atoms with Gasteiger partial charge in [0, 0.05) is 23.2 Å². The van der Waals surface area contributed by atoms with E-state index in [0.29, 0.717) is 24.4 Å². The highest BCUT2D eigenvalue weighted by Gasteiger charge is 2.52. The van der Waals surface area contributed by atoms with Crippen LogP contribution in [0.3, 0.4) is 0 Å². The van der Waals surface area contributed by atoms with Crippen molar-refractivity contribution in [1.82, 2.24) is 14.8 Å². The molecule has 0 aromatic carbocycles. The van der Waals surface area contributed by atoms with E-state index in [9.17, 15) is 13.2 Å². The number of aromatic nitrogens is 1. The smallest absolute Gasteiger partial charge is 0.277 e. The number of hydrogen-bond acceptors (Lipinski definition) is 6. The van der Waals surface area contributed by atoms with Crippen molar-refractivity contribution < 1.29 is 22.2 Å².